The van der Waals surface area contributed by atoms with Crippen molar-refractivity contribution in [3.8, 4) is 0 Å². The number of aromatic nitrogens is 1. The first kappa shape index (κ1) is 13.2. The van der Waals surface area contributed by atoms with Crippen molar-refractivity contribution in [3.05, 3.63) is 18.5 Å². The van der Waals surface area contributed by atoms with Crippen LogP contribution in [0, 0.1) is 0 Å². The number of methoxy groups -OCH3 is 1. The van der Waals surface area contributed by atoms with Gasteiger partial charge in [0.15, 0.2) is 0 Å². The number of hydrogen-bond donors (Lipinski definition) is 0. The Bertz CT molecular complexity index is 450. The summed E-state index contributed by atoms with van der Waals surface area (Å²) in [6, 6.07) is 1.79. The fourth-order valence-electron chi connectivity index (χ4n) is 1.75. The van der Waals surface area contributed by atoms with Gasteiger partial charge in [-0.2, -0.15) is 0 Å². The van der Waals surface area contributed by atoms with E-state index in [9.17, 15) is 4.79 Å². The molecule has 0 saturated carbocycles. The molecule has 0 radical (unpaired) electrons. The van der Waals surface area contributed by atoms with Crippen molar-refractivity contribution in [3.63, 3.8) is 0 Å². The zero-order valence-electron chi connectivity index (χ0n) is 11.4. The van der Waals surface area contributed by atoms with E-state index in [0.717, 1.165) is 5.46 Å². The minimum atomic E-state index is -0.457. The quantitative estimate of drug-likeness (QED) is 0.708. The van der Waals surface area contributed by atoms with E-state index in [1.165, 1.54) is 11.7 Å². The van der Waals surface area contributed by atoms with Crippen LogP contribution in [0.1, 0.15) is 27.7 Å². The van der Waals surface area contributed by atoms with Crippen LogP contribution in [0.4, 0.5) is 4.79 Å². The van der Waals surface area contributed by atoms with E-state index in [0.29, 0.717) is 0 Å². The van der Waals surface area contributed by atoms with E-state index >= 15 is 0 Å². The predicted molar refractivity (Wildman–Crippen MR) is 68.0 cm³/mol. The Kier molecular flexibility index (Phi) is 3.03. The molecule has 2 rings (SSSR count). The zero-order chi connectivity index (χ0) is 13.6. The van der Waals surface area contributed by atoms with Gasteiger partial charge < -0.3 is 14.0 Å². The second-order valence-corrected chi connectivity index (χ2v) is 5.41. The third-order valence-corrected chi connectivity index (χ3v) is 3.63. The molecule has 1 aliphatic rings. The molecular formula is C12H18BNO4. The largest absolute Gasteiger partial charge is 0.496 e. The SMILES string of the molecule is COC(=O)n1ccc(B2OC(C)(C)C(C)(C)O2)c1. The minimum absolute atomic E-state index is 0.384. The van der Waals surface area contributed by atoms with Crippen LogP contribution >= 0.6 is 0 Å². The fraction of sp³-hybridized carbons (Fsp3) is 0.583. The molecule has 18 heavy (non-hydrogen) atoms. The molecule has 0 unspecified atom stereocenters. The Labute approximate surface area is 107 Å². The van der Waals surface area contributed by atoms with Gasteiger partial charge in [-0.1, -0.05) is 0 Å². The number of ether oxygens (including phenoxy) is 1. The normalized spacial score (nSPS) is 21.1. The van der Waals surface area contributed by atoms with Gasteiger partial charge >= 0.3 is 13.2 Å². The molecule has 1 aromatic rings. The summed E-state index contributed by atoms with van der Waals surface area (Å²) in [6.45, 7) is 7.96. The maximum absolute atomic E-state index is 11.4. The monoisotopic (exact) mass is 251 g/mol. The molecule has 0 bridgehead atoms. The highest BCUT2D eigenvalue weighted by Crippen LogP contribution is 2.36. The van der Waals surface area contributed by atoms with E-state index < -0.39 is 13.2 Å². The van der Waals surface area contributed by atoms with Crippen molar-refractivity contribution in [2.24, 2.45) is 0 Å². The summed E-state index contributed by atoms with van der Waals surface area (Å²) < 4.78 is 17.8. The Morgan fingerprint density at radius 2 is 1.83 bits per heavy atom. The van der Waals surface area contributed by atoms with Crippen molar-refractivity contribution < 1.29 is 18.8 Å². The van der Waals surface area contributed by atoms with E-state index in [-0.39, 0.29) is 11.2 Å². The van der Waals surface area contributed by atoms with E-state index in [4.69, 9.17) is 9.31 Å². The number of carbonyl (C=O) groups is 1. The first-order chi connectivity index (χ1) is 8.27. The van der Waals surface area contributed by atoms with Gasteiger partial charge in [0.05, 0.1) is 18.3 Å². The summed E-state index contributed by atoms with van der Waals surface area (Å²) in [6.07, 6.45) is 2.86. The number of nitrogens with zero attached hydrogens (tertiary/aromatic N) is 1. The van der Waals surface area contributed by atoms with Crippen LogP contribution in [0.3, 0.4) is 0 Å². The van der Waals surface area contributed by atoms with Crippen LogP contribution in [-0.4, -0.2) is 36.1 Å². The fourth-order valence-corrected chi connectivity index (χ4v) is 1.75. The van der Waals surface area contributed by atoms with Gasteiger partial charge in [-0.05, 0) is 33.8 Å². The number of carbonyl (C=O) groups excluding carboxylic acids is 1. The standard InChI is InChI=1S/C12H18BNO4/c1-11(2)12(3,4)18-13(17-11)9-6-7-14(8-9)10(15)16-5/h6-8H,1-5H3. The van der Waals surface area contributed by atoms with Gasteiger partial charge in [0.25, 0.3) is 0 Å². The molecule has 0 atom stereocenters. The topological polar surface area (TPSA) is 49.7 Å². The van der Waals surface area contributed by atoms with Gasteiger partial charge in [-0.15, -0.1) is 0 Å². The highest BCUT2D eigenvalue weighted by atomic mass is 16.7. The molecule has 0 amide bonds. The Balaban J connectivity index is 2.20. The molecule has 98 valence electrons. The minimum Gasteiger partial charge on any atom is -0.452 e. The molecule has 0 N–H and O–H groups in total. The van der Waals surface area contributed by atoms with Crippen molar-refractivity contribution >= 4 is 18.7 Å². The molecule has 6 heteroatoms. The van der Waals surface area contributed by atoms with Crippen LogP contribution in [0.2, 0.25) is 0 Å². The van der Waals surface area contributed by atoms with E-state index in [1.54, 1.807) is 18.5 Å². The van der Waals surface area contributed by atoms with E-state index in [1.807, 2.05) is 27.7 Å². The lowest BCUT2D eigenvalue weighted by atomic mass is 9.81. The summed E-state index contributed by atoms with van der Waals surface area (Å²) >= 11 is 0. The van der Waals surface area contributed by atoms with Crippen LogP contribution in [0.15, 0.2) is 18.5 Å². The van der Waals surface area contributed by atoms with E-state index in [2.05, 4.69) is 4.74 Å². The summed E-state index contributed by atoms with van der Waals surface area (Å²) in [5, 5.41) is 0. The summed E-state index contributed by atoms with van der Waals surface area (Å²) in [4.78, 5) is 11.4. The van der Waals surface area contributed by atoms with Gasteiger partial charge in [0.1, 0.15) is 0 Å². The molecule has 1 fully saturated rings. The molecule has 0 aliphatic carbocycles. The van der Waals surface area contributed by atoms with Crippen LogP contribution in [-0.2, 0) is 14.0 Å². The van der Waals surface area contributed by atoms with Gasteiger partial charge in [0, 0.05) is 17.9 Å². The van der Waals surface area contributed by atoms with Gasteiger partial charge in [-0.25, -0.2) is 4.79 Å². The predicted octanol–water partition coefficient (Wildman–Crippen LogP) is 1.40. The van der Waals surface area contributed by atoms with Crippen LogP contribution in [0.5, 0.6) is 0 Å². The second kappa shape index (κ2) is 4.14. The van der Waals surface area contributed by atoms with Crippen molar-refractivity contribution in [2.75, 3.05) is 7.11 Å². The Morgan fingerprint density at radius 1 is 1.28 bits per heavy atom. The maximum atomic E-state index is 11.4. The average Bonchev–Trinajstić information content (AvgIpc) is 2.82. The third-order valence-electron chi connectivity index (χ3n) is 3.63. The lowest BCUT2D eigenvalue weighted by Gasteiger charge is -2.32. The molecule has 1 aromatic heterocycles. The molecular weight excluding hydrogens is 233 g/mol. The third kappa shape index (κ3) is 2.06. The van der Waals surface area contributed by atoms with Crippen molar-refractivity contribution in [1.82, 2.24) is 4.57 Å². The first-order valence-corrected chi connectivity index (χ1v) is 5.89. The molecule has 0 spiro atoms. The molecule has 0 aromatic carbocycles. The first-order valence-electron chi connectivity index (χ1n) is 5.89. The summed E-state index contributed by atoms with van der Waals surface area (Å²) in [7, 11) is 0.887. The second-order valence-electron chi connectivity index (χ2n) is 5.41. The Morgan fingerprint density at radius 3 is 2.33 bits per heavy atom. The molecule has 5 nitrogen and oxygen atoms in total. The maximum Gasteiger partial charge on any atom is 0.496 e. The summed E-state index contributed by atoms with van der Waals surface area (Å²) in [5.41, 5.74) is 0.0369. The van der Waals surface area contributed by atoms with Crippen molar-refractivity contribution in [2.45, 2.75) is 38.9 Å². The highest BCUT2D eigenvalue weighted by molar-refractivity contribution is 6.62. The molecule has 2 heterocycles. The van der Waals surface area contributed by atoms with Gasteiger partial charge in [0.2, 0.25) is 0 Å². The molecule has 1 saturated heterocycles. The summed E-state index contributed by atoms with van der Waals surface area (Å²) in [5.74, 6) is 0. The van der Waals surface area contributed by atoms with Crippen molar-refractivity contribution in [1.29, 1.82) is 0 Å². The smallest absolute Gasteiger partial charge is 0.452 e. The lowest BCUT2D eigenvalue weighted by Crippen LogP contribution is -2.41. The van der Waals surface area contributed by atoms with Crippen LogP contribution in [0.25, 0.3) is 0 Å². The Hall–Kier alpha value is -1.27. The zero-order valence-corrected chi connectivity index (χ0v) is 11.4. The van der Waals surface area contributed by atoms with Gasteiger partial charge in [-0.3, -0.25) is 4.57 Å². The number of rotatable bonds is 1. The lowest BCUT2D eigenvalue weighted by molar-refractivity contribution is 0.00578. The number of hydrogen-bond acceptors (Lipinski definition) is 4. The molecule has 1 aliphatic heterocycles. The highest BCUT2D eigenvalue weighted by Gasteiger charge is 2.51. The van der Waals surface area contributed by atoms with Crippen LogP contribution < -0.4 is 5.46 Å². The average molecular weight is 251 g/mol.